The third-order valence-corrected chi connectivity index (χ3v) is 21.4. The number of aliphatic hydroxyl groups is 1. The van der Waals surface area contributed by atoms with Gasteiger partial charge < -0.3 is 33.8 Å². The Morgan fingerprint density at radius 3 is 0.667 bits per heavy atom. The summed E-state index contributed by atoms with van der Waals surface area (Å²) in [4.78, 5) is 73.1. The highest BCUT2D eigenvalue weighted by atomic mass is 31.2. The van der Waals surface area contributed by atoms with Crippen molar-refractivity contribution in [2.45, 2.75) is 464 Å². The molecule has 0 aliphatic carbocycles. The molecule has 0 heterocycles. The Hall–Kier alpha value is -1.94. The molecule has 0 bridgehead atoms. The molecule has 0 radical (unpaired) electrons. The lowest BCUT2D eigenvalue weighted by Gasteiger charge is -2.21. The fourth-order valence-electron chi connectivity index (χ4n) is 12.9. The average molecular weight is 1490 g/mol. The van der Waals surface area contributed by atoms with E-state index in [0.29, 0.717) is 25.7 Å². The lowest BCUT2D eigenvalue weighted by atomic mass is 10.0. The fraction of sp³-hybridized carbons (Fsp3) is 0.952. The second-order valence-electron chi connectivity index (χ2n) is 30.3. The monoisotopic (exact) mass is 1490 g/mol. The summed E-state index contributed by atoms with van der Waals surface area (Å²) in [7, 11) is -9.92. The Labute approximate surface area is 626 Å². The van der Waals surface area contributed by atoms with E-state index in [2.05, 4.69) is 34.6 Å². The quantitative estimate of drug-likeness (QED) is 0.0222. The van der Waals surface area contributed by atoms with Crippen LogP contribution in [0.15, 0.2) is 0 Å². The minimum Gasteiger partial charge on any atom is -0.462 e. The summed E-state index contributed by atoms with van der Waals surface area (Å²) in [6.07, 6.45) is 68.0. The van der Waals surface area contributed by atoms with Gasteiger partial charge in [-0.1, -0.05) is 394 Å². The molecule has 0 rings (SSSR count). The van der Waals surface area contributed by atoms with E-state index in [0.717, 1.165) is 95.8 Å². The van der Waals surface area contributed by atoms with Crippen LogP contribution in [0, 0.1) is 5.92 Å². The molecular weight excluding hydrogens is 1330 g/mol. The van der Waals surface area contributed by atoms with Crippen LogP contribution < -0.4 is 0 Å². The normalized spacial score (nSPS) is 13.8. The molecule has 0 saturated heterocycles. The number of phosphoric ester groups is 2. The number of aliphatic hydroxyl groups excluding tert-OH is 1. The van der Waals surface area contributed by atoms with E-state index >= 15 is 0 Å². The maximum atomic E-state index is 13.1. The maximum absolute atomic E-state index is 13.1. The van der Waals surface area contributed by atoms with Gasteiger partial charge in [0.15, 0.2) is 12.2 Å². The molecule has 5 atom stereocenters. The van der Waals surface area contributed by atoms with Crippen LogP contribution in [0.2, 0.25) is 0 Å². The number of phosphoric acid groups is 2. The number of hydrogen-bond acceptors (Lipinski definition) is 15. The molecule has 3 N–H and O–H groups in total. The van der Waals surface area contributed by atoms with Crippen molar-refractivity contribution >= 4 is 39.5 Å². The van der Waals surface area contributed by atoms with Crippen molar-refractivity contribution in [2.75, 3.05) is 39.6 Å². The van der Waals surface area contributed by atoms with Gasteiger partial charge in [0.2, 0.25) is 0 Å². The first-order valence-corrected chi connectivity index (χ1v) is 46.1. The van der Waals surface area contributed by atoms with Crippen LogP contribution in [0.1, 0.15) is 446 Å². The molecule has 102 heavy (non-hydrogen) atoms. The van der Waals surface area contributed by atoms with Gasteiger partial charge in [0, 0.05) is 25.7 Å². The van der Waals surface area contributed by atoms with Crippen LogP contribution in [0.5, 0.6) is 0 Å². The van der Waals surface area contributed by atoms with E-state index in [9.17, 15) is 43.2 Å². The van der Waals surface area contributed by atoms with Gasteiger partial charge >= 0.3 is 39.5 Å². The number of unbranched alkanes of at least 4 members (excludes halogenated alkanes) is 55. The highest BCUT2D eigenvalue weighted by molar-refractivity contribution is 7.47. The summed E-state index contributed by atoms with van der Waals surface area (Å²) in [5.74, 6) is -1.30. The zero-order valence-electron chi connectivity index (χ0n) is 66.8. The number of ether oxygens (including phenoxy) is 4. The molecule has 0 fully saturated rings. The summed E-state index contributed by atoms with van der Waals surface area (Å²) in [5, 5.41) is 10.7. The molecule has 606 valence electrons. The Kier molecular flexibility index (Phi) is 74.4. The number of hydrogen-bond donors (Lipinski definition) is 3. The molecule has 0 aliphatic heterocycles. The molecule has 0 spiro atoms. The molecule has 0 aromatic carbocycles. The second kappa shape index (κ2) is 75.9. The third-order valence-electron chi connectivity index (χ3n) is 19.5. The zero-order valence-corrected chi connectivity index (χ0v) is 68.5. The van der Waals surface area contributed by atoms with E-state index in [1.165, 1.54) is 270 Å². The number of esters is 4. The molecule has 2 unspecified atom stereocenters. The van der Waals surface area contributed by atoms with Gasteiger partial charge in [-0.25, -0.2) is 9.13 Å². The van der Waals surface area contributed by atoms with Gasteiger partial charge in [0.25, 0.3) is 0 Å². The Morgan fingerprint density at radius 2 is 0.451 bits per heavy atom. The van der Waals surface area contributed by atoms with E-state index in [4.69, 9.17) is 37.0 Å². The van der Waals surface area contributed by atoms with E-state index in [1.807, 2.05) is 0 Å². The summed E-state index contributed by atoms with van der Waals surface area (Å²) >= 11 is 0. The topological polar surface area (TPSA) is 237 Å². The van der Waals surface area contributed by atoms with Crippen molar-refractivity contribution in [1.29, 1.82) is 0 Å². The Balaban J connectivity index is 5.21. The number of carbonyl (C=O) groups excluding carboxylic acids is 4. The number of carbonyl (C=O) groups is 4. The van der Waals surface area contributed by atoms with Crippen molar-refractivity contribution in [3.63, 3.8) is 0 Å². The molecule has 0 aromatic heterocycles. The number of rotatable bonds is 83. The van der Waals surface area contributed by atoms with E-state index < -0.39 is 97.5 Å². The van der Waals surface area contributed by atoms with Crippen LogP contribution in [-0.2, 0) is 65.4 Å². The Morgan fingerprint density at radius 1 is 0.265 bits per heavy atom. The lowest BCUT2D eigenvalue weighted by molar-refractivity contribution is -0.161. The van der Waals surface area contributed by atoms with E-state index in [-0.39, 0.29) is 25.7 Å². The van der Waals surface area contributed by atoms with Crippen LogP contribution in [-0.4, -0.2) is 96.7 Å². The van der Waals surface area contributed by atoms with Crippen LogP contribution in [0.25, 0.3) is 0 Å². The summed E-state index contributed by atoms with van der Waals surface area (Å²) < 4.78 is 68.8. The van der Waals surface area contributed by atoms with Crippen molar-refractivity contribution in [3.05, 3.63) is 0 Å². The molecule has 19 heteroatoms. The molecule has 0 saturated carbocycles. The molecule has 0 aromatic rings. The van der Waals surface area contributed by atoms with Gasteiger partial charge in [0.1, 0.15) is 19.3 Å². The summed E-state index contributed by atoms with van der Waals surface area (Å²) in [6.45, 7) is 7.36. The smallest absolute Gasteiger partial charge is 0.462 e. The molecule has 17 nitrogen and oxygen atoms in total. The summed E-state index contributed by atoms with van der Waals surface area (Å²) in [6, 6.07) is 0. The first-order chi connectivity index (χ1) is 49.5. The first kappa shape index (κ1) is 100. The highest BCUT2D eigenvalue weighted by Gasteiger charge is 2.30. The fourth-order valence-corrected chi connectivity index (χ4v) is 14.5. The predicted octanol–water partition coefficient (Wildman–Crippen LogP) is 25.2. The third kappa shape index (κ3) is 76.3. The standard InChI is InChI=1S/C83H162O17P2/c1-6-9-12-15-18-21-23-25-27-29-31-34-38-42-47-52-57-62-67-81(86)94-73-79(100-83(88)69-64-59-54-49-44-40-36-32-33-37-41-46-50-55-60-65-76(4)5)75-98-102(91,92)96-71-77(84)70-95-101(89,90)97-74-78(72-93-80(85)66-61-56-51-45-20-17-14-11-8-3)99-82(87)68-63-58-53-48-43-39-35-30-28-26-24-22-19-16-13-10-7-2/h76-79,84H,6-75H2,1-5H3,(H,89,90)(H,91,92)/t77-,78+,79+/m0/s1. The van der Waals surface area contributed by atoms with Gasteiger partial charge in [-0.05, 0) is 31.6 Å². The molecule has 0 amide bonds. The van der Waals surface area contributed by atoms with Gasteiger partial charge in [-0.2, -0.15) is 0 Å². The van der Waals surface area contributed by atoms with Crippen molar-refractivity contribution in [1.82, 2.24) is 0 Å². The average Bonchev–Trinajstić information content (AvgIpc) is 0.910. The van der Waals surface area contributed by atoms with Crippen molar-refractivity contribution in [3.8, 4) is 0 Å². The minimum atomic E-state index is -4.96. The maximum Gasteiger partial charge on any atom is 0.472 e. The van der Waals surface area contributed by atoms with E-state index in [1.54, 1.807) is 0 Å². The second-order valence-corrected chi connectivity index (χ2v) is 33.3. The Bertz CT molecular complexity index is 1940. The molecular formula is C83H162O17P2. The highest BCUT2D eigenvalue weighted by Crippen LogP contribution is 2.45. The van der Waals surface area contributed by atoms with Gasteiger partial charge in [0.05, 0.1) is 26.4 Å². The van der Waals surface area contributed by atoms with Crippen LogP contribution in [0.3, 0.4) is 0 Å². The van der Waals surface area contributed by atoms with Crippen LogP contribution >= 0.6 is 15.6 Å². The first-order valence-electron chi connectivity index (χ1n) is 43.1. The molecule has 0 aliphatic rings. The SMILES string of the molecule is CCCCCCCCCCCCCCCCCCCCC(=O)OC[C@H](COP(=O)(O)OC[C@@H](O)COP(=O)(O)OC[C@@H](COC(=O)CCCCCCCCCCC)OC(=O)CCCCCCCCCCCCCCCCCCC)OC(=O)CCCCCCCCCCCCCCCCCC(C)C. The lowest BCUT2D eigenvalue weighted by Crippen LogP contribution is -2.30. The van der Waals surface area contributed by atoms with Crippen LogP contribution in [0.4, 0.5) is 0 Å². The minimum absolute atomic E-state index is 0.109. The van der Waals surface area contributed by atoms with Crippen molar-refractivity contribution in [2.24, 2.45) is 5.92 Å². The van der Waals surface area contributed by atoms with Gasteiger partial charge in [-0.3, -0.25) is 37.3 Å². The zero-order chi connectivity index (χ0) is 74.8. The predicted molar refractivity (Wildman–Crippen MR) is 418 cm³/mol. The summed E-state index contributed by atoms with van der Waals surface area (Å²) in [5.41, 5.74) is 0. The largest absolute Gasteiger partial charge is 0.472 e. The van der Waals surface area contributed by atoms with Crippen molar-refractivity contribution < 1.29 is 80.2 Å². The van der Waals surface area contributed by atoms with Gasteiger partial charge in [-0.15, -0.1) is 0 Å².